The number of nitrogens with zero attached hydrogens (tertiary/aromatic N) is 2. The molecule has 2 aromatic heterocycles. The average molecular weight is 637 g/mol. The molecule has 11 rings (SSSR count). The summed E-state index contributed by atoms with van der Waals surface area (Å²) in [6, 6.07) is 55.9. The van der Waals surface area contributed by atoms with Crippen LogP contribution in [-0.4, -0.2) is 9.55 Å². The molecule has 0 spiro atoms. The maximum atomic E-state index is 5.15. The predicted molar refractivity (Wildman–Crippen MR) is 209 cm³/mol. The summed E-state index contributed by atoms with van der Waals surface area (Å²) in [4.78, 5) is 5.15. The van der Waals surface area contributed by atoms with Crippen LogP contribution in [0.5, 0.6) is 0 Å². The van der Waals surface area contributed by atoms with Crippen molar-refractivity contribution in [2.24, 2.45) is 0 Å². The van der Waals surface area contributed by atoms with Crippen molar-refractivity contribution in [1.29, 1.82) is 0 Å². The van der Waals surface area contributed by atoms with Crippen molar-refractivity contribution in [2.45, 2.75) is 19.3 Å². The second-order valence-corrected chi connectivity index (χ2v) is 14.4. The first-order valence-corrected chi connectivity index (χ1v) is 17.5. The van der Waals surface area contributed by atoms with E-state index in [2.05, 4.69) is 176 Å². The van der Waals surface area contributed by atoms with Gasteiger partial charge < -0.3 is 4.57 Å². The molecule has 0 radical (unpaired) electrons. The van der Waals surface area contributed by atoms with Gasteiger partial charge in [0.05, 0.1) is 16.7 Å². The number of rotatable bonds is 3. The Morgan fingerprint density at radius 2 is 1.04 bits per heavy atom. The molecule has 0 N–H and O–H groups in total. The van der Waals surface area contributed by atoms with Crippen molar-refractivity contribution < 1.29 is 0 Å². The molecule has 0 saturated carbocycles. The Hall–Kier alpha value is -6.25. The summed E-state index contributed by atoms with van der Waals surface area (Å²) in [5.74, 6) is 0. The fourth-order valence-electron chi connectivity index (χ4n) is 9.00. The molecule has 0 bridgehead atoms. The molecule has 0 amide bonds. The van der Waals surface area contributed by atoms with E-state index in [4.69, 9.17) is 4.98 Å². The van der Waals surface area contributed by atoms with Crippen molar-refractivity contribution in [2.75, 3.05) is 0 Å². The van der Waals surface area contributed by atoms with Crippen molar-refractivity contribution in [1.82, 2.24) is 9.55 Å². The molecule has 2 heterocycles. The zero-order valence-electron chi connectivity index (χ0n) is 27.9. The Labute approximate surface area is 290 Å². The highest BCUT2D eigenvalue weighted by atomic mass is 15.0. The van der Waals surface area contributed by atoms with Crippen molar-refractivity contribution in [3.05, 3.63) is 169 Å². The zero-order valence-corrected chi connectivity index (χ0v) is 27.9. The van der Waals surface area contributed by atoms with Gasteiger partial charge in [0.1, 0.15) is 0 Å². The number of benzene rings is 7. The lowest BCUT2D eigenvalue weighted by Gasteiger charge is -2.22. The smallest absolute Gasteiger partial charge is 0.0781 e. The molecule has 9 aromatic rings. The van der Waals surface area contributed by atoms with Crippen LogP contribution in [0.25, 0.3) is 94.0 Å². The second kappa shape index (κ2) is 9.90. The van der Waals surface area contributed by atoms with E-state index in [9.17, 15) is 0 Å². The molecule has 0 aliphatic heterocycles. The van der Waals surface area contributed by atoms with Gasteiger partial charge in [0, 0.05) is 50.0 Å². The van der Waals surface area contributed by atoms with E-state index in [1.54, 1.807) is 0 Å². The number of fused-ring (bicyclic) bond motifs is 9. The average Bonchev–Trinajstić information content (AvgIpc) is 3.76. The van der Waals surface area contributed by atoms with Gasteiger partial charge in [-0.05, 0) is 92.5 Å². The van der Waals surface area contributed by atoms with E-state index < -0.39 is 0 Å². The van der Waals surface area contributed by atoms with Crippen LogP contribution in [0.4, 0.5) is 0 Å². The van der Waals surface area contributed by atoms with Crippen molar-refractivity contribution in [3.63, 3.8) is 0 Å². The molecular weight excluding hydrogens is 605 g/mol. The fourth-order valence-corrected chi connectivity index (χ4v) is 9.00. The summed E-state index contributed by atoms with van der Waals surface area (Å²) in [6.45, 7) is 4.71. The van der Waals surface area contributed by atoms with Crippen molar-refractivity contribution in [3.8, 4) is 61.5 Å². The Balaban J connectivity index is 1.13. The van der Waals surface area contributed by atoms with Gasteiger partial charge in [-0.3, -0.25) is 4.98 Å². The van der Waals surface area contributed by atoms with Crippen LogP contribution >= 0.6 is 0 Å². The lowest BCUT2D eigenvalue weighted by molar-refractivity contribution is 0.660. The topological polar surface area (TPSA) is 17.8 Å². The van der Waals surface area contributed by atoms with Crippen LogP contribution in [0.1, 0.15) is 25.0 Å². The Kier molecular flexibility index (Phi) is 5.48. The van der Waals surface area contributed by atoms with Gasteiger partial charge in [0.25, 0.3) is 0 Å². The van der Waals surface area contributed by atoms with Crippen LogP contribution in [0.3, 0.4) is 0 Å². The Morgan fingerprint density at radius 1 is 0.440 bits per heavy atom. The van der Waals surface area contributed by atoms with Crippen LogP contribution in [0.2, 0.25) is 0 Å². The summed E-state index contributed by atoms with van der Waals surface area (Å²) in [7, 11) is 0. The molecule has 0 atom stereocenters. The molecule has 7 aromatic carbocycles. The third-order valence-corrected chi connectivity index (χ3v) is 11.4. The van der Waals surface area contributed by atoms with Crippen LogP contribution in [-0.2, 0) is 5.41 Å². The monoisotopic (exact) mass is 636 g/mol. The molecular formula is C48H32N2. The summed E-state index contributed by atoms with van der Waals surface area (Å²) < 4.78 is 2.40. The van der Waals surface area contributed by atoms with E-state index in [1.807, 2.05) is 0 Å². The first-order valence-electron chi connectivity index (χ1n) is 17.5. The predicted octanol–water partition coefficient (Wildman–Crippen LogP) is 12.6. The number of aromatic nitrogens is 2. The zero-order chi connectivity index (χ0) is 33.1. The summed E-state index contributed by atoms with van der Waals surface area (Å²) in [5.41, 5.74) is 18.7. The number of hydrogen-bond acceptors (Lipinski definition) is 1. The lowest BCUT2D eigenvalue weighted by atomic mass is 9.81. The molecule has 50 heavy (non-hydrogen) atoms. The van der Waals surface area contributed by atoms with E-state index >= 15 is 0 Å². The normalized spacial score (nSPS) is 13.6. The van der Waals surface area contributed by atoms with Gasteiger partial charge in [-0.25, -0.2) is 0 Å². The number of hydrogen-bond donors (Lipinski definition) is 0. The van der Waals surface area contributed by atoms with E-state index in [0.717, 1.165) is 16.9 Å². The molecule has 2 aliphatic carbocycles. The summed E-state index contributed by atoms with van der Waals surface area (Å²) in [5, 5.41) is 4.97. The van der Waals surface area contributed by atoms with E-state index in [1.165, 1.54) is 88.2 Å². The maximum absolute atomic E-state index is 5.15. The number of pyridine rings is 1. The molecule has 2 nitrogen and oxygen atoms in total. The van der Waals surface area contributed by atoms with E-state index in [-0.39, 0.29) is 5.41 Å². The van der Waals surface area contributed by atoms with Gasteiger partial charge in [0.15, 0.2) is 0 Å². The van der Waals surface area contributed by atoms with Crippen molar-refractivity contribution >= 4 is 32.6 Å². The summed E-state index contributed by atoms with van der Waals surface area (Å²) in [6.07, 6.45) is 2.08. The largest absolute Gasteiger partial charge is 0.309 e. The second-order valence-electron chi connectivity index (χ2n) is 14.4. The minimum absolute atomic E-state index is 0.0434. The highest BCUT2D eigenvalue weighted by Gasteiger charge is 2.35. The standard InChI is InChI=1S/C48H32N2/c1-48(2)42-18-9-8-15-35(42)36-22-19-30(27-43(36)48)29-20-23-44-39(25-29)40-26-31(21-24-45(40)50(44)32-11-4-3-5-12-32)47-38-17-10-16-37-33-13-6-7-14-34(33)41(28-49-47)46(37)38/h3-28H,1-2H3. The van der Waals surface area contributed by atoms with Crippen LogP contribution in [0.15, 0.2) is 158 Å². The van der Waals surface area contributed by atoms with Crippen LogP contribution < -0.4 is 0 Å². The minimum Gasteiger partial charge on any atom is -0.309 e. The molecule has 0 saturated heterocycles. The molecule has 2 heteroatoms. The Morgan fingerprint density at radius 3 is 1.84 bits per heavy atom. The maximum Gasteiger partial charge on any atom is 0.0781 e. The SMILES string of the molecule is CC1(C)c2ccccc2-c2ccc(-c3ccc4c(c3)c3cc(-c5ncc6c7c(cccc57)-c5ccccc5-6)ccc3n4-c3ccccc3)cc21. The van der Waals surface area contributed by atoms with Gasteiger partial charge in [-0.15, -0.1) is 0 Å². The molecule has 2 aliphatic rings. The number of para-hydroxylation sites is 1. The first-order chi connectivity index (χ1) is 24.6. The van der Waals surface area contributed by atoms with Gasteiger partial charge in [-0.1, -0.05) is 123 Å². The quantitative estimate of drug-likeness (QED) is 0.189. The highest BCUT2D eigenvalue weighted by molar-refractivity contribution is 6.18. The van der Waals surface area contributed by atoms with Gasteiger partial charge in [-0.2, -0.15) is 0 Å². The minimum atomic E-state index is -0.0434. The molecule has 0 fully saturated rings. The van der Waals surface area contributed by atoms with Crippen LogP contribution in [0, 0.1) is 0 Å². The molecule has 0 unspecified atom stereocenters. The van der Waals surface area contributed by atoms with E-state index in [0.29, 0.717) is 0 Å². The van der Waals surface area contributed by atoms with Gasteiger partial charge in [0.2, 0.25) is 0 Å². The first kappa shape index (κ1) is 27.7. The Bertz CT molecular complexity index is 2860. The molecule has 234 valence electrons. The highest BCUT2D eigenvalue weighted by Crippen LogP contribution is 2.51. The fraction of sp³-hybridized carbons (Fsp3) is 0.0625. The summed E-state index contributed by atoms with van der Waals surface area (Å²) >= 11 is 0. The third-order valence-electron chi connectivity index (χ3n) is 11.4. The lowest BCUT2D eigenvalue weighted by Crippen LogP contribution is -2.14. The van der Waals surface area contributed by atoms with Gasteiger partial charge >= 0.3 is 0 Å². The third kappa shape index (κ3) is 3.65.